The Balaban J connectivity index is 2.04. The molecule has 4 N–H and O–H groups in total. The van der Waals surface area contributed by atoms with Gasteiger partial charge in [0.2, 0.25) is 0 Å². The molecule has 0 aliphatic carbocycles. The zero-order valence-electron chi connectivity index (χ0n) is 10.8. The first kappa shape index (κ1) is 15.5. The van der Waals surface area contributed by atoms with E-state index in [0.29, 0.717) is 19.2 Å². The van der Waals surface area contributed by atoms with E-state index in [2.05, 4.69) is 10.6 Å². The van der Waals surface area contributed by atoms with Crippen molar-refractivity contribution in [3.63, 3.8) is 0 Å². The van der Waals surface area contributed by atoms with Crippen LogP contribution in [0.4, 0.5) is 13.2 Å². The highest BCUT2D eigenvalue weighted by molar-refractivity contribution is 5.93. The summed E-state index contributed by atoms with van der Waals surface area (Å²) in [6.07, 6.45) is -5.27. The molecule has 21 heavy (non-hydrogen) atoms. The van der Waals surface area contributed by atoms with Gasteiger partial charge in [0.05, 0.1) is 6.10 Å². The van der Waals surface area contributed by atoms with Gasteiger partial charge in [-0.05, 0) is 12.1 Å². The number of aliphatic hydroxyl groups excluding tert-OH is 1. The normalized spacial score (nSPS) is 22.3. The number of β-amino-alcohol motifs (C(OH)–C–C–N with tert-alkyl or cyclic N) is 1. The molecule has 1 saturated heterocycles. The van der Waals surface area contributed by atoms with Crippen LogP contribution < -0.4 is 16.2 Å². The fourth-order valence-electron chi connectivity index (χ4n) is 2.06. The number of pyridine rings is 1. The largest absolute Gasteiger partial charge is 0.431 e. The van der Waals surface area contributed by atoms with E-state index in [1.54, 1.807) is 4.98 Å². The van der Waals surface area contributed by atoms with Crippen molar-refractivity contribution in [3.8, 4) is 0 Å². The van der Waals surface area contributed by atoms with Crippen LogP contribution in [-0.2, 0) is 6.18 Å². The predicted molar refractivity (Wildman–Crippen MR) is 66.8 cm³/mol. The van der Waals surface area contributed by atoms with E-state index in [-0.39, 0.29) is 12.5 Å². The maximum absolute atomic E-state index is 12.4. The van der Waals surface area contributed by atoms with Gasteiger partial charge in [0.15, 0.2) is 0 Å². The molecule has 9 heteroatoms. The van der Waals surface area contributed by atoms with Crippen LogP contribution in [0.3, 0.4) is 0 Å². The maximum Gasteiger partial charge on any atom is 0.431 e. The van der Waals surface area contributed by atoms with Gasteiger partial charge in [-0.1, -0.05) is 0 Å². The van der Waals surface area contributed by atoms with Gasteiger partial charge >= 0.3 is 6.18 Å². The quantitative estimate of drug-likeness (QED) is 0.617. The number of amides is 1. The van der Waals surface area contributed by atoms with Crippen LogP contribution in [0.1, 0.15) is 16.1 Å². The van der Waals surface area contributed by atoms with Crippen molar-refractivity contribution in [2.45, 2.75) is 12.3 Å². The topological polar surface area (TPSA) is 94.2 Å². The zero-order valence-corrected chi connectivity index (χ0v) is 10.8. The monoisotopic (exact) mass is 305 g/mol. The van der Waals surface area contributed by atoms with Crippen molar-refractivity contribution in [2.75, 3.05) is 19.6 Å². The Kier molecular flexibility index (Phi) is 4.33. The highest BCUT2D eigenvalue weighted by Gasteiger charge is 2.32. The SMILES string of the molecule is O=C(NCC1CNCC1O)c1ccc(C(F)(F)F)[nH]c1=O. The van der Waals surface area contributed by atoms with Crippen LogP contribution in [0, 0.1) is 5.92 Å². The van der Waals surface area contributed by atoms with Crippen LogP contribution in [0.5, 0.6) is 0 Å². The smallest absolute Gasteiger partial charge is 0.391 e. The van der Waals surface area contributed by atoms with Gasteiger partial charge in [-0.2, -0.15) is 13.2 Å². The second kappa shape index (κ2) is 5.86. The minimum absolute atomic E-state index is 0.132. The lowest BCUT2D eigenvalue weighted by Crippen LogP contribution is -2.37. The second-order valence-electron chi connectivity index (χ2n) is 4.81. The summed E-state index contributed by atoms with van der Waals surface area (Å²) in [6.45, 7) is 1.07. The molecule has 6 nitrogen and oxygen atoms in total. The maximum atomic E-state index is 12.4. The van der Waals surface area contributed by atoms with Gasteiger partial charge in [-0.25, -0.2) is 0 Å². The number of carbonyl (C=O) groups excluding carboxylic acids is 1. The van der Waals surface area contributed by atoms with Crippen molar-refractivity contribution >= 4 is 5.91 Å². The van der Waals surface area contributed by atoms with Gasteiger partial charge in [0.1, 0.15) is 11.3 Å². The zero-order chi connectivity index (χ0) is 15.6. The van der Waals surface area contributed by atoms with Gasteiger partial charge in [0.25, 0.3) is 11.5 Å². The number of hydrogen-bond donors (Lipinski definition) is 4. The summed E-state index contributed by atoms with van der Waals surface area (Å²) >= 11 is 0. The Hall–Kier alpha value is -1.87. The van der Waals surface area contributed by atoms with Crippen LogP contribution in [0.15, 0.2) is 16.9 Å². The molecule has 1 amide bonds. The summed E-state index contributed by atoms with van der Waals surface area (Å²) in [5, 5.41) is 14.9. The summed E-state index contributed by atoms with van der Waals surface area (Å²) < 4.78 is 37.2. The first-order valence-corrected chi connectivity index (χ1v) is 6.26. The number of H-pyrrole nitrogens is 1. The molecular formula is C12H14F3N3O3. The lowest BCUT2D eigenvalue weighted by molar-refractivity contribution is -0.141. The van der Waals surface area contributed by atoms with E-state index in [9.17, 15) is 27.9 Å². The number of rotatable bonds is 3. The van der Waals surface area contributed by atoms with Gasteiger partial charge in [-0.3, -0.25) is 9.59 Å². The fraction of sp³-hybridized carbons (Fsp3) is 0.500. The van der Waals surface area contributed by atoms with Crippen molar-refractivity contribution in [1.82, 2.24) is 15.6 Å². The number of aromatic amines is 1. The molecule has 0 saturated carbocycles. The Morgan fingerprint density at radius 1 is 1.38 bits per heavy atom. The molecule has 1 fully saturated rings. The molecule has 0 aromatic carbocycles. The minimum Gasteiger partial charge on any atom is -0.391 e. The summed E-state index contributed by atoms with van der Waals surface area (Å²) in [4.78, 5) is 24.9. The number of alkyl halides is 3. The number of halogens is 3. The first-order valence-electron chi connectivity index (χ1n) is 6.26. The van der Waals surface area contributed by atoms with Crippen molar-refractivity contribution in [3.05, 3.63) is 33.7 Å². The van der Waals surface area contributed by atoms with E-state index >= 15 is 0 Å². The summed E-state index contributed by atoms with van der Waals surface area (Å²) in [6, 6.07) is 1.47. The van der Waals surface area contributed by atoms with Gasteiger partial charge < -0.3 is 20.7 Å². The number of aromatic nitrogens is 1. The van der Waals surface area contributed by atoms with Gasteiger partial charge in [0, 0.05) is 25.6 Å². The molecule has 2 heterocycles. The van der Waals surface area contributed by atoms with Crippen molar-refractivity contribution in [2.24, 2.45) is 5.92 Å². The fourth-order valence-corrected chi connectivity index (χ4v) is 2.06. The third-order valence-electron chi connectivity index (χ3n) is 3.29. The van der Waals surface area contributed by atoms with Crippen molar-refractivity contribution < 1.29 is 23.1 Å². The number of hydrogen-bond acceptors (Lipinski definition) is 4. The molecule has 2 atom stereocenters. The average molecular weight is 305 g/mol. The Labute approximate surface area is 117 Å². The number of aliphatic hydroxyl groups is 1. The molecule has 1 aromatic rings. The third-order valence-corrected chi connectivity index (χ3v) is 3.29. The van der Waals surface area contributed by atoms with E-state index in [1.807, 2.05) is 0 Å². The molecule has 2 rings (SSSR count). The molecule has 0 radical (unpaired) electrons. The van der Waals surface area contributed by atoms with Crippen molar-refractivity contribution in [1.29, 1.82) is 0 Å². The molecule has 1 aromatic heterocycles. The molecule has 0 spiro atoms. The average Bonchev–Trinajstić information content (AvgIpc) is 2.80. The van der Waals surface area contributed by atoms with E-state index < -0.39 is 35.0 Å². The van der Waals surface area contributed by atoms with Crippen LogP contribution in [-0.4, -0.2) is 41.7 Å². The Bertz CT molecular complexity index is 585. The molecular weight excluding hydrogens is 291 g/mol. The van der Waals surface area contributed by atoms with Crippen LogP contribution in [0.2, 0.25) is 0 Å². The number of carbonyl (C=O) groups is 1. The van der Waals surface area contributed by atoms with E-state index in [4.69, 9.17) is 0 Å². The lowest BCUT2D eigenvalue weighted by atomic mass is 10.1. The lowest BCUT2D eigenvalue weighted by Gasteiger charge is -2.14. The standard InChI is InChI=1S/C12H14F3N3O3/c13-12(14,15)9-2-1-7(11(21)18-9)10(20)17-4-6-3-16-5-8(6)19/h1-2,6,8,16,19H,3-5H2,(H,17,20)(H,18,21). The highest BCUT2D eigenvalue weighted by atomic mass is 19.4. The van der Waals surface area contributed by atoms with E-state index in [0.717, 1.165) is 6.07 Å². The summed E-state index contributed by atoms with van der Waals surface area (Å²) in [7, 11) is 0. The summed E-state index contributed by atoms with van der Waals surface area (Å²) in [5.41, 5.74) is -2.71. The molecule has 0 bridgehead atoms. The molecule has 2 unspecified atom stereocenters. The molecule has 1 aliphatic heterocycles. The molecule has 116 valence electrons. The highest BCUT2D eigenvalue weighted by Crippen LogP contribution is 2.26. The Morgan fingerprint density at radius 2 is 2.10 bits per heavy atom. The Morgan fingerprint density at radius 3 is 2.62 bits per heavy atom. The minimum atomic E-state index is -4.67. The molecule has 1 aliphatic rings. The predicted octanol–water partition coefficient (Wildman–Crippen LogP) is -0.296. The summed E-state index contributed by atoms with van der Waals surface area (Å²) in [5.74, 6) is -0.966. The second-order valence-corrected chi connectivity index (χ2v) is 4.81. The van der Waals surface area contributed by atoms with Crippen LogP contribution in [0.25, 0.3) is 0 Å². The van der Waals surface area contributed by atoms with Crippen LogP contribution >= 0.6 is 0 Å². The van der Waals surface area contributed by atoms with Gasteiger partial charge in [-0.15, -0.1) is 0 Å². The third kappa shape index (κ3) is 3.61. The first-order chi connectivity index (χ1) is 9.79. The van der Waals surface area contributed by atoms with E-state index in [1.165, 1.54) is 0 Å². The number of nitrogens with one attached hydrogen (secondary N) is 3.